The Morgan fingerprint density at radius 2 is 2.29 bits per heavy atom. The number of aryl methyl sites for hydroxylation is 1. The predicted molar refractivity (Wildman–Crippen MR) is 63.8 cm³/mol. The average molecular weight is 233 g/mol. The molecule has 0 spiro atoms. The highest BCUT2D eigenvalue weighted by Gasteiger charge is 2.24. The summed E-state index contributed by atoms with van der Waals surface area (Å²) >= 11 is 0. The first kappa shape index (κ1) is 11.4. The zero-order valence-electron chi connectivity index (χ0n) is 9.91. The molecular formula is C12H15N3O2. The van der Waals surface area contributed by atoms with Crippen LogP contribution in [0.1, 0.15) is 17.5 Å². The lowest BCUT2D eigenvalue weighted by Gasteiger charge is -2.19. The third-order valence-corrected chi connectivity index (χ3v) is 2.68. The van der Waals surface area contributed by atoms with Gasteiger partial charge < -0.3 is 4.74 Å². The van der Waals surface area contributed by atoms with E-state index in [9.17, 15) is 4.79 Å². The van der Waals surface area contributed by atoms with Gasteiger partial charge in [0, 0.05) is 5.56 Å². The second-order valence-corrected chi connectivity index (χ2v) is 4.06. The standard InChI is InChI=1S/C12H15N3O2/c1-8-3-4-10(17-2)9(5-8)7-15-11(13)6-12(16)14-15/h3-5,13H,6-7H2,1-2H3,(H,14,16). The Kier molecular flexibility index (Phi) is 2.99. The van der Waals surface area contributed by atoms with E-state index in [1.165, 1.54) is 0 Å². The number of nitrogens with one attached hydrogen (secondary N) is 2. The van der Waals surface area contributed by atoms with Crippen molar-refractivity contribution in [3.63, 3.8) is 0 Å². The van der Waals surface area contributed by atoms with Gasteiger partial charge in [-0.1, -0.05) is 17.7 Å². The van der Waals surface area contributed by atoms with Gasteiger partial charge in [0.2, 0.25) is 5.91 Å². The van der Waals surface area contributed by atoms with Crippen LogP contribution in [0.4, 0.5) is 0 Å². The van der Waals surface area contributed by atoms with Crippen LogP contribution in [-0.4, -0.2) is 23.9 Å². The van der Waals surface area contributed by atoms with E-state index in [1.807, 2.05) is 25.1 Å². The number of carbonyl (C=O) groups excluding carboxylic acids is 1. The number of methoxy groups -OCH3 is 1. The van der Waals surface area contributed by atoms with Crippen LogP contribution in [0.2, 0.25) is 0 Å². The van der Waals surface area contributed by atoms with Crippen molar-refractivity contribution in [2.45, 2.75) is 19.9 Å². The third-order valence-electron chi connectivity index (χ3n) is 2.68. The molecule has 1 aliphatic rings. The maximum atomic E-state index is 11.2. The number of hydrogen-bond acceptors (Lipinski definition) is 3. The molecule has 0 radical (unpaired) electrons. The summed E-state index contributed by atoms with van der Waals surface area (Å²) in [6.07, 6.45) is 0.147. The number of benzene rings is 1. The third kappa shape index (κ3) is 2.38. The van der Waals surface area contributed by atoms with Crippen molar-refractivity contribution in [2.75, 3.05) is 7.11 Å². The zero-order chi connectivity index (χ0) is 12.4. The largest absolute Gasteiger partial charge is 0.496 e. The molecule has 0 saturated carbocycles. The van der Waals surface area contributed by atoms with Crippen LogP contribution in [0, 0.1) is 12.3 Å². The van der Waals surface area contributed by atoms with Crippen LogP contribution in [0.5, 0.6) is 5.75 Å². The smallest absolute Gasteiger partial charge is 0.246 e. The highest BCUT2D eigenvalue weighted by atomic mass is 16.5. The monoisotopic (exact) mass is 233 g/mol. The van der Waals surface area contributed by atoms with E-state index in [4.69, 9.17) is 10.1 Å². The molecule has 1 aromatic rings. The quantitative estimate of drug-likeness (QED) is 0.825. The minimum atomic E-state index is -0.137. The Bertz CT molecular complexity index is 471. The van der Waals surface area contributed by atoms with E-state index < -0.39 is 0 Å². The maximum Gasteiger partial charge on any atom is 0.246 e. The summed E-state index contributed by atoms with van der Waals surface area (Å²) in [5.41, 5.74) is 4.72. The summed E-state index contributed by atoms with van der Waals surface area (Å²) in [6, 6.07) is 5.86. The highest BCUT2D eigenvalue weighted by Crippen LogP contribution is 2.21. The minimum Gasteiger partial charge on any atom is -0.496 e. The molecule has 0 atom stereocenters. The Morgan fingerprint density at radius 3 is 2.88 bits per heavy atom. The molecule has 0 aliphatic carbocycles. The number of nitrogens with zero attached hydrogens (tertiary/aromatic N) is 1. The molecule has 1 aromatic carbocycles. The van der Waals surface area contributed by atoms with Crippen molar-refractivity contribution < 1.29 is 9.53 Å². The van der Waals surface area contributed by atoms with Crippen molar-refractivity contribution in [3.8, 4) is 5.75 Å². The molecule has 1 saturated heterocycles. The van der Waals surface area contributed by atoms with E-state index in [1.54, 1.807) is 12.1 Å². The van der Waals surface area contributed by atoms with E-state index in [0.29, 0.717) is 12.4 Å². The first-order valence-electron chi connectivity index (χ1n) is 5.38. The molecule has 5 heteroatoms. The molecule has 1 fully saturated rings. The van der Waals surface area contributed by atoms with Gasteiger partial charge in [-0.2, -0.15) is 0 Å². The van der Waals surface area contributed by atoms with E-state index in [0.717, 1.165) is 16.9 Å². The Morgan fingerprint density at radius 1 is 1.53 bits per heavy atom. The van der Waals surface area contributed by atoms with Gasteiger partial charge in [-0.3, -0.25) is 20.6 Å². The van der Waals surface area contributed by atoms with Gasteiger partial charge >= 0.3 is 0 Å². The molecule has 1 heterocycles. The van der Waals surface area contributed by atoms with Crippen LogP contribution in [0.3, 0.4) is 0 Å². The van der Waals surface area contributed by atoms with Crippen molar-refractivity contribution in [3.05, 3.63) is 29.3 Å². The molecule has 90 valence electrons. The maximum absolute atomic E-state index is 11.2. The number of amidine groups is 1. The Balaban J connectivity index is 2.20. The molecule has 1 aliphatic heterocycles. The van der Waals surface area contributed by atoms with E-state index in [-0.39, 0.29) is 12.3 Å². The first-order valence-corrected chi connectivity index (χ1v) is 5.38. The van der Waals surface area contributed by atoms with Gasteiger partial charge in [-0.25, -0.2) is 0 Å². The number of hydrogen-bond donors (Lipinski definition) is 2. The molecule has 1 amide bonds. The summed E-state index contributed by atoms with van der Waals surface area (Å²) in [5, 5.41) is 9.21. The van der Waals surface area contributed by atoms with Gasteiger partial charge in [0.05, 0.1) is 20.1 Å². The molecule has 17 heavy (non-hydrogen) atoms. The molecule has 0 unspecified atom stereocenters. The topological polar surface area (TPSA) is 65.4 Å². The molecule has 2 N–H and O–H groups in total. The van der Waals surface area contributed by atoms with Crippen molar-refractivity contribution in [2.24, 2.45) is 0 Å². The summed E-state index contributed by atoms with van der Waals surface area (Å²) in [5.74, 6) is 0.921. The summed E-state index contributed by atoms with van der Waals surface area (Å²) in [7, 11) is 1.61. The number of carbonyl (C=O) groups is 1. The van der Waals surface area contributed by atoms with Gasteiger partial charge in [0.1, 0.15) is 11.6 Å². The van der Waals surface area contributed by atoms with Crippen LogP contribution in [0.25, 0.3) is 0 Å². The summed E-state index contributed by atoms with van der Waals surface area (Å²) in [4.78, 5) is 11.2. The fraction of sp³-hybridized carbons (Fsp3) is 0.333. The van der Waals surface area contributed by atoms with Gasteiger partial charge in [-0.05, 0) is 13.0 Å². The average Bonchev–Trinajstić information content (AvgIpc) is 2.58. The van der Waals surface area contributed by atoms with Crippen molar-refractivity contribution >= 4 is 11.7 Å². The molecule has 2 rings (SSSR count). The lowest BCUT2D eigenvalue weighted by molar-refractivity contribution is -0.121. The van der Waals surface area contributed by atoms with Gasteiger partial charge in [0.25, 0.3) is 0 Å². The summed E-state index contributed by atoms with van der Waals surface area (Å²) < 4.78 is 5.26. The second kappa shape index (κ2) is 4.45. The molecular weight excluding hydrogens is 218 g/mol. The van der Waals surface area contributed by atoms with E-state index >= 15 is 0 Å². The van der Waals surface area contributed by atoms with Crippen LogP contribution in [0.15, 0.2) is 18.2 Å². The van der Waals surface area contributed by atoms with E-state index in [2.05, 4.69) is 5.43 Å². The van der Waals surface area contributed by atoms with Crippen molar-refractivity contribution in [1.29, 1.82) is 5.41 Å². The lowest BCUT2D eigenvalue weighted by Crippen LogP contribution is -2.35. The van der Waals surface area contributed by atoms with Crippen molar-refractivity contribution in [1.82, 2.24) is 10.4 Å². The fourth-order valence-corrected chi connectivity index (χ4v) is 1.84. The molecule has 0 aromatic heterocycles. The first-order chi connectivity index (χ1) is 8.10. The molecule has 0 bridgehead atoms. The van der Waals surface area contributed by atoms with Crippen LogP contribution in [-0.2, 0) is 11.3 Å². The number of amides is 1. The normalized spacial score (nSPS) is 15.1. The van der Waals surface area contributed by atoms with Crippen LogP contribution < -0.4 is 10.2 Å². The number of ether oxygens (including phenoxy) is 1. The highest BCUT2D eigenvalue weighted by molar-refractivity contribution is 6.03. The lowest BCUT2D eigenvalue weighted by atomic mass is 10.1. The molecule has 5 nitrogen and oxygen atoms in total. The van der Waals surface area contributed by atoms with Gasteiger partial charge in [-0.15, -0.1) is 0 Å². The predicted octanol–water partition coefficient (Wildman–Crippen LogP) is 1.22. The zero-order valence-corrected chi connectivity index (χ0v) is 9.91. The summed E-state index contributed by atoms with van der Waals surface area (Å²) in [6.45, 7) is 2.45. The Labute approximate surface area is 99.9 Å². The second-order valence-electron chi connectivity index (χ2n) is 4.06. The Hall–Kier alpha value is -2.04. The number of hydrazine groups is 1. The van der Waals surface area contributed by atoms with Gasteiger partial charge in [0.15, 0.2) is 0 Å². The number of rotatable bonds is 3. The fourth-order valence-electron chi connectivity index (χ4n) is 1.84. The minimum absolute atomic E-state index is 0.137. The van der Waals surface area contributed by atoms with Crippen LogP contribution >= 0.6 is 0 Å². The SMILES string of the molecule is COc1ccc(C)cc1CN1NC(=O)CC1=N.